The van der Waals surface area contributed by atoms with Gasteiger partial charge < -0.3 is 5.32 Å². The average Bonchev–Trinajstić information content (AvgIpc) is 2.42. The van der Waals surface area contributed by atoms with Crippen LogP contribution in [0.3, 0.4) is 0 Å². The maximum absolute atomic E-state index is 14.0. The molecule has 2 aromatic rings. The minimum absolute atomic E-state index is 0.199. The number of nitrogens with zero attached hydrogens (tertiary/aromatic N) is 1. The van der Waals surface area contributed by atoms with Gasteiger partial charge in [-0.2, -0.15) is 0 Å². The van der Waals surface area contributed by atoms with E-state index in [1.54, 1.807) is 12.4 Å². The number of halogens is 1. The number of pyridine rings is 1. The Bertz CT molecular complexity index is 552. The Hall–Kier alpha value is -1.74. The molecular formula is C16H19FN2. The summed E-state index contributed by atoms with van der Waals surface area (Å²) in [5.74, 6) is -0.199. The molecule has 0 fully saturated rings. The molecule has 1 aromatic carbocycles. The van der Waals surface area contributed by atoms with Crippen molar-refractivity contribution < 1.29 is 4.39 Å². The summed E-state index contributed by atoms with van der Waals surface area (Å²) < 4.78 is 14.0. The van der Waals surface area contributed by atoms with Crippen molar-refractivity contribution >= 4 is 0 Å². The van der Waals surface area contributed by atoms with Gasteiger partial charge in [0.25, 0.3) is 0 Å². The van der Waals surface area contributed by atoms with Crippen LogP contribution in [0.25, 0.3) is 11.1 Å². The molecule has 0 saturated carbocycles. The Kier molecular flexibility index (Phi) is 4.63. The van der Waals surface area contributed by atoms with Gasteiger partial charge in [0, 0.05) is 30.1 Å². The number of hydrogen-bond donors (Lipinski definition) is 1. The first-order chi connectivity index (χ1) is 9.22. The molecule has 0 radical (unpaired) electrons. The van der Waals surface area contributed by atoms with E-state index in [0.29, 0.717) is 5.56 Å². The Morgan fingerprint density at radius 2 is 2.05 bits per heavy atom. The van der Waals surface area contributed by atoms with Gasteiger partial charge in [0.05, 0.1) is 0 Å². The molecule has 1 heterocycles. The van der Waals surface area contributed by atoms with E-state index in [4.69, 9.17) is 0 Å². The van der Waals surface area contributed by atoms with Crippen LogP contribution in [0.1, 0.15) is 24.5 Å². The lowest BCUT2D eigenvalue weighted by Gasteiger charge is -2.09. The van der Waals surface area contributed by atoms with Crippen molar-refractivity contribution in [1.82, 2.24) is 10.3 Å². The molecule has 2 rings (SSSR count). The van der Waals surface area contributed by atoms with E-state index in [0.717, 1.165) is 36.2 Å². The molecule has 100 valence electrons. The van der Waals surface area contributed by atoms with Gasteiger partial charge in [-0.3, -0.25) is 4.98 Å². The second-order valence-electron chi connectivity index (χ2n) is 4.68. The summed E-state index contributed by atoms with van der Waals surface area (Å²) >= 11 is 0. The van der Waals surface area contributed by atoms with Gasteiger partial charge in [0.2, 0.25) is 0 Å². The van der Waals surface area contributed by atoms with Crippen molar-refractivity contribution in [2.45, 2.75) is 26.8 Å². The summed E-state index contributed by atoms with van der Waals surface area (Å²) in [5.41, 5.74) is 3.61. The highest BCUT2D eigenvalue weighted by atomic mass is 19.1. The minimum atomic E-state index is -0.199. The number of aryl methyl sites for hydroxylation is 1. The lowest BCUT2D eigenvalue weighted by molar-refractivity contribution is 0.627. The normalized spacial score (nSPS) is 10.7. The SMILES string of the molecule is CCCNCc1ccc(F)c(-c2cnccc2C)c1. The summed E-state index contributed by atoms with van der Waals surface area (Å²) in [4.78, 5) is 4.09. The van der Waals surface area contributed by atoms with Crippen LogP contribution < -0.4 is 5.32 Å². The van der Waals surface area contributed by atoms with Crippen molar-refractivity contribution in [1.29, 1.82) is 0 Å². The first kappa shape index (κ1) is 13.7. The molecule has 0 aliphatic rings. The highest BCUT2D eigenvalue weighted by Gasteiger charge is 2.08. The molecule has 0 bridgehead atoms. The lowest BCUT2D eigenvalue weighted by atomic mass is 10.0. The van der Waals surface area contributed by atoms with E-state index in [2.05, 4.69) is 17.2 Å². The molecule has 0 unspecified atom stereocenters. The minimum Gasteiger partial charge on any atom is -0.313 e. The van der Waals surface area contributed by atoms with E-state index in [-0.39, 0.29) is 5.82 Å². The summed E-state index contributed by atoms with van der Waals surface area (Å²) in [5, 5.41) is 3.33. The molecule has 19 heavy (non-hydrogen) atoms. The zero-order valence-electron chi connectivity index (χ0n) is 11.4. The molecule has 1 N–H and O–H groups in total. The van der Waals surface area contributed by atoms with Gasteiger partial charge in [-0.15, -0.1) is 0 Å². The summed E-state index contributed by atoms with van der Waals surface area (Å²) in [7, 11) is 0. The molecule has 0 saturated heterocycles. The fraction of sp³-hybridized carbons (Fsp3) is 0.312. The summed E-state index contributed by atoms with van der Waals surface area (Å²) in [6.45, 7) is 5.83. The van der Waals surface area contributed by atoms with Gasteiger partial charge in [-0.05, 0) is 49.2 Å². The van der Waals surface area contributed by atoms with Crippen molar-refractivity contribution in [2.24, 2.45) is 0 Å². The largest absolute Gasteiger partial charge is 0.313 e. The first-order valence-corrected chi connectivity index (χ1v) is 6.62. The van der Waals surface area contributed by atoms with Crippen molar-refractivity contribution in [2.75, 3.05) is 6.54 Å². The Labute approximate surface area is 113 Å². The molecule has 0 atom stereocenters. The predicted octanol–water partition coefficient (Wildman–Crippen LogP) is 3.70. The van der Waals surface area contributed by atoms with Gasteiger partial charge in [0.15, 0.2) is 0 Å². The standard InChI is InChI=1S/C16H19FN2/c1-3-7-18-10-13-4-5-16(17)14(9-13)15-11-19-8-6-12(15)2/h4-6,8-9,11,18H,3,7,10H2,1-2H3. The highest BCUT2D eigenvalue weighted by molar-refractivity contribution is 5.67. The van der Waals surface area contributed by atoms with Gasteiger partial charge >= 0.3 is 0 Å². The maximum atomic E-state index is 14.0. The molecule has 0 aliphatic heterocycles. The van der Waals surface area contributed by atoms with Gasteiger partial charge in [0.1, 0.15) is 5.82 Å². The predicted molar refractivity (Wildman–Crippen MR) is 76.4 cm³/mol. The topological polar surface area (TPSA) is 24.9 Å². The molecule has 1 aromatic heterocycles. The smallest absolute Gasteiger partial charge is 0.131 e. The van der Waals surface area contributed by atoms with Crippen LogP contribution in [0, 0.1) is 12.7 Å². The molecule has 0 amide bonds. The van der Waals surface area contributed by atoms with Crippen LogP contribution >= 0.6 is 0 Å². The zero-order chi connectivity index (χ0) is 13.7. The fourth-order valence-electron chi connectivity index (χ4n) is 2.04. The number of nitrogens with one attached hydrogen (secondary N) is 1. The Morgan fingerprint density at radius 3 is 2.79 bits per heavy atom. The van der Waals surface area contributed by atoms with E-state index in [1.807, 2.05) is 25.1 Å². The van der Waals surface area contributed by atoms with Crippen LogP contribution in [0.5, 0.6) is 0 Å². The third kappa shape index (κ3) is 3.38. The number of rotatable bonds is 5. The van der Waals surface area contributed by atoms with Gasteiger partial charge in [-0.1, -0.05) is 13.0 Å². The van der Waals surface area contributed by atoms with Crippen LogP contribution in [0.15, 0.2) is 36.7 Å². The third-order valence-corrected chi connectivity index (χ3v) is 3.12. The van der Waals surface area contributed by atoms with E-state index in [1.165, 1.54) is 6.07 Å². The van der Waals surface area contributed by atoms with Crippen LogP contribution in [0.4, 0.5) is 4.39 Å². The lowest BCUT2D eigenvalue weighted by Crippen LogP contribution is -2.13. The molecule has 3 heteroatoms. The number of aromatic nitrogens is 1. The van der Waals surface area contributed by atoms with Crippen molar-refractivity contribution in [3.05, 3.63) is 53.6 Å². The van der Waals surface area contributed by atoms with Crippen LogP contribution in [0.2, 0.25) is 0 Å². The number of hydrogen-bond acceptors (Lipinski definition) is 2. The van der Waals surface area contributed by atoms with Crippen LogP contribution in [-0.4, -0.2) is 11.5 Å². The Morgan fingerprint density at radius 1 is 1.21 bits per heavy atom. The van der Waals surface area contributed by atoms with E-state index in [9.17, 15) is 4.39 Å². The third-order valence-electron chi connectivity index (χ3n) is 3.12. The molecular weight excluding hydrogens is 239 g/mol. The van der Waals surface area contributed by atoms with Crippen LogP contribution in [-0.2, 0) is 6.54 Å². The van der Waals surface area contributed by atoms with Crippen molar-refractivity contribution in [3.8, 4) is 11.1 Å². The monoisotopic (exact) mass is 258 g/mol. The summed E-state index contributed by atoms with van der Waals surface area (Å²) in [6, 6.07) is 7.16. The van der Waals surface area contributed by atoms with Gasteiger partial charge in [-0.25, -0.2) is 4.39 Å². The zero-order valence-corrected chi connectivity index (χ0v) is 11.4. The van der Waals surface area contributed by atoms with E-state index < -0.39 is 0 Å². The van der Waals surface area contributed by atoms with Crippen molar-refractivity contribution in [3.63, 3.8) is 0 Å². The van der Waals surface area contributed by atoms with E-state index >= 15 is 0 Å². The quantitative estimate of drug-likeness (QED) is 0.827. The number of benzene rings is 1. The Balaban J connectivity index is 2.30. The first-order valence-electron chi connectivity index (χ1n) is 6.62. The molecule has 0 aliphatic carbocycles. The molecule has 0 spiro atoms. The second kappa shape index (κ2) is 6.43. The second-order valence-corrected chi connectivity index (χ2v) is 4.68. The average molecular weight is 258 g/mol. The molecule has 2 nitrogen and oxygen atoms in total. The maximum Gasteiger partial charge on any atom is 0.131 e. The summed E-state index contributed by atoms with van der Waals surface area (Å²) in [6.07, 6.45) is 4.54. The fourth-order valence-corrected chi connectivity index (χ4v) is 2.04. The highest BCUT2D eigenvalue weighted by Crippen LogP contribution is 2.26.